The highest BCUT2D eigenvalue weighted by atomic mass is 16.3. The number of carbonyl (C=O) groups excluding carboxylic acids is 1. The molecular formula is C14H28N2O2. The number of rotatable bonds is 4. The normalized spacial score (nSPS) is 27.1. The summed E-state index contributed by atoms with van der Waals surface area (Å²) in [5.41, 5.74) is 5.10. The van der Waals surface area contributed by atoms with Crippen molar-refractivity contribution in [1.82, 2.24) is 4.90 Å². The second kappa shape index (κ2) is 6.53. The minimum atomic E-state index is -0.620. The first-order valence-electron chi connectivity index (χ1n) is 7.07. The Kier molecular flexibility index (Phi) is 5.60. The average molecular weight is 256 g/mol. The fourth-order valence-electron chi connectivity index (χ4n) is 2.61. The fourth-order valence-corrected chi connectivity index (χ4v) is 2.61. The van der Waals surface area contributed by atoms with Gasteiger partial charge in [0.05, 0.1) is 11.5 Å². The van der Waals surface area contributed by atoms with Crippen molar-refractivity contribution in [3.63, 3.8) is 0 Å². The number of nitrogens with two attached hydrogens (primary N) is 1. The lowest BCUT2D eigenvalue weighted by Crippen LogP contribution is -2.40. The van der Waals surface area contributed by atoms with Crippen molar-refractivity contribution in [3.8, 4) is 0 Å². The van der Waals surface area contributed by atoms with E-state index in [-0.39, 0.29) is 11.8 Å². The van der Waals surface area contributed by atoms with Gasteiger partial charge in [-0.2, -0.15) is 0 Å². The van der Waals surface area contributed by atoms with Crippen LogP contribution in [-0.4, -0.2) is 41.1 Å². The van der Waals surface area contributed by atoms with Crippen LogP contribution in [0.3, 0.4) is 0 Å². The highest BCUT2D eigenvalue weighted by Crippen LogP contribution is 2.23. The van der Waals surface area contributed by atoms with Gasteiger partial charge in [-0.15, -0.1) is 0 Å². The number of nitrogens with zero attached hydrogens (tertiary/aromatic N) is 1. The number of amides is 1. The largest absolute Gasteiger partial charge is 0.390 e. The first kappa shape index (κ1) is 15.4. The van der Waals surface area contributed by atoms with E-state index in [1.807, 2.05) is 11.8 Å². The Bertz CT molecular complexity index is 277. The Morgan fingerprint density at radius 2 is 2.06 bits per heavy atom. The summed E-state index contributed by atoms with van der Waals surface area (Å²) in [6, 6.07) is 0. The highest BCUT2D eigenvalue weighted by molar-refractivity contribution is 5.79. The maximum Gasteiger partial charge on any atom is 0.226 e. The Hall–Kier alpha value is -0.610. The van der Waals surface area contributed by atoms with Crippen molar-refractivity contribution in [3.05, 3.63) is 0 Å². The maximum atomic E-state index is 12.4. The van der Waals surface area contributed by atoms with Gasteiger partial charge >= 0.3 is 0 Å². The van der Waals surface area contributed by atoms with Crippen LogP contribution in [0.4, 0.5) is 0 Å². The summed E-state index contributed by atoms with van der Waals surface area (Å²) in [7, 11) is 0. The zero-order valence-corrected chi connectivity index (χ0v) is 12.0. The summed E-state index contributed by atoms with van der Waals surface area (Å²) in [5.74, 6) is 0.592. The molecule has 3 N–H and O–H groups in total. The van der Waals surface area contributed by atoms with Crippen LogP contribution >= 0.6 is 0 Å². The van der Waals surface area contributed by atoms with Crippen LogP contribution in [0.1, 0.15) is 46.5 Å². The topological polar surface area (TPSA) is 66.6 Å². The van der Waals surface area contributed by atoms with E-state index in [1.54, 1.807) is 0 Å². The van der Waals surface area contributed by atoms with Crippen molar-refractivity contribution in [2.75, 3.05) is 19.6 Å². The molecule has 0 aliphatic carbocycles. The van der Waals surface area contributed by atoms with Crippen molar-refractivity contribution < 1.29 is 9.90 Å². The molecule has 0 aromatic heterocycles. The summed E-state index contributed by atoms with van der Waals surface area (Å²) >= 11 is 0. The van der Waals surface area contributed by atoms with Crippen LogP contribution in [-0.2, 0) is 4.79 Å². The van der Waals surface area contributed by atoms with E-state index in [4.69, 9.17) is 5.73 Å². The Labute approximate surface area is 111 Å². The zero-order chi connectivity index (χ0) is 13.8. The number of hydrogen-bond acceptors (Lipinski definition) is 3. The van der Waals surface area contributed by atoms with Crippen molar-refractivity contribution >= 4 is 5.91 Å². The number of hydrogen-bond donors (Lipinski definition) is 2. The monoisotopic (exact) mass is 256 g/mol. The molecular weight excluding hydrogens is 228 g/mol. The molecule has 0 aromatic carbocycles. The SMILES string of the molecule is CC(C)CC(CN)C(=O)N1CCCC(C)(O)CC1. The molecule has 1 saturated heterocycles. The molecule has 0 aromatic rings. The second-order valence-electron chi connectivity index (χ2n) is 6.24. The third-order valence-corrected chi connectivity index (χ3v) is 3.77. The molecule has 0 radical (unpaired) electrons. The Balaban J connectivity index is 2.59. The fraction of sp³-hybridized carbons (Fsp3) is 0.929. The smallest absolute Gasteiger partial charge is 0.226 e. The third-order valence-electron chi connectivity index (χ3n) is 3.77. The standard InChI is InChI=1S/C14H28N2O2/c1-11(2)9-12(10-15)13(17)16-7-4-5-14(3,18)6-8-16/h11-12,18H,4-10,15H2,1-3H3. The molecule has 2 atom stereocenters. The average Bonchev–Trinajstić information content (AvgIpc) is 2.46. The summed E-state index contributed by atoms with van der Waals surface area (Å²) in [5, 5.41) is 10.0. The van der Waals surface area contributed by atoms with Gasteiger partial charge in [0, 0.05) is 19.6 Å². The first-order chi connectivity index (χ1) is 8.35. The van der Waals surface area contributed by atoms with E-state index in [0.717, 1.165) is 25.8 Å². The van der Waals surface area contributed by atoms with Crippen molar-refractivity contribution in [2.45, 2.75) is 52.1 Å². The van der Waals surface area contributed by atoms with Crippen molar-refractivity contribution in [2.24, 2.45) is 17.6 Å². The summed E-state index contributed by atoms with van der Waals surface area (Å²) in [6.07, 6.45) is 3.16. The van der Waals surface area contributed by atoms with E-state index in [2.05, 4.69) is 13.8 Å². The molecule has 4 nitrogen and oxygen atoms in total. The van der Waals surface area contributed by atoms with Gasteiger partial charge in [-0.25, -0.2) is 0 Å². The van der Waals surface area contributed by atoms with Crippen LogP contribution in [0, 0.1) is 11.8 Å². The van der Waals surface area contributed by atoms with Crippen molar-refractivity contribution in [1.29, 1.82) is 0 Å². The summed E-state index contributed by atoms with van der Waals surface area (Å²) < 4.78 is 0. The highest BCUT2D eigenvalue weighted by Gasteiger charge is 2.29. The third kappa shape index (κ3) is 4.58. The minimum Gasteiger partial charge on any atom is -0.390 e. The quantitative estimate of drug-likeness (QED) is 0.798. The van der Waals surface area contributed by atoms with E-state index < -0.39 is 5.60 Å². The molecule has 0 bridgehead atoms. The summed E-state index contributed by atoms with van der Waals surface area (Å²) in [4.78, 5) is 14.3. The molecule has 2 unspecified atom stereocenters. The van der Waals surface area contributed by atoms with Gasteiger partial charge < -0.3 is 15.7 Å². The lowest BCUT2D eigenvalue weighted by atomic mass is 9.95. The Morgan fingerprint density at radius 3 is 2.61 bits per heavy atom. The first-order valence-corrected chi connectivity index (χ1v) is 7.07. The van der Waals surface area contributed by atoms with E-state index in [0.29, 0.717) is 25.4 Å². The van der Waals surface area contributed by atoms with E-state index >= 15 is 0 Å². The molecule has 0 saturated carbocycles. The van der Waals surface area contributed by atoms with Crippen LogP contribution in [0.15, 0.2) is 0 Å². The van der Waals surface area contributed by atoms with Gasteiger partial charge in [0.15, 0.2) is 0 Å². The lowest BCUT2D eigenvalue weighted by Gasteiger charge is -2.27. The molecule has 1 fully saturated rings. The number of aliphatic hydroxyl groups is 1. The summed E-state index contributed by atoms with van der Waals surface area (Å²) in [6.45, 7) is 7.91. The van der Waals surface area contributed by atoms with E-state index in [1.165, 1.54) is 0 Å². The van der Waals surface area contributed by atoms with Gasteiger partial charge in [0.2, 0.25) is 5.91 Å². The predicted octanol–water partition coefficient (Wildman–Crippen LogP) is 1.37. The van der Waals surface area contributed by atoms with Crippen LogP contribution in [0.2, 0.25) is 0 Å². The second-order valence-corrected chi connectivity index (χ2v) is 6.24. The molecule has 18 heavy (non-hydrogen) atoms. The molecule has 1 amide bonds. The number of carbonyl (C=O) groups is 1. The number of likely N-dealkylation sites (tertiary alicyclic amines) is 1. The minimum absolute atomic E-state index is 0.0620. The van der Waals surface area contributed by atoms with Crippen LogP contribution < -0.4 is 5.73 Å². The van der Waals surface area contributed by atoms with Gasteiger partial charge in [-0.05, 0) is 38.5 Å². The van der Waals surface area contributed by atoms with Gasteiger partial charge in [-0.3, -0.25) is 4.79 Å². The molecule has 1 heterocycles. The lowest BCUT2D eigenvalue weighted by molar-refractivity contribution is -0.135. The van der Waals surface area contributed by atoms with Gasteiger partial charge in [0.1, 0.15) is 0 Å². The molecule has 1 aliphatic rings. The molecule has 106 valence electrons. The molecule has 0 spiro atoms. The van der Waals surface area contributed by atoms with Gasteiger partial charge in [-0.1, -0.05) is 13.8 Å². The predicted molar refractivity (Wildman–Crippen MR) is 73.1 cm³/mol. The molecule has 4 heteroatoms. The maximum absolute atomic E-state index is 12.4. The molecule has 1 rings (SSSR count). The Morgan fingerprint density at radius 1 is 1.39 bits per heavy atom. The molecule has 1 aliphatic heterocycles. The van der Waals surface area contributed by atoms with Crippen LogP contribution in [0.5, 0.6) is 0 Å². The van der Waals surface area contributed by atoms with Crippen LogP contribution in [0.25, 0.3) is 0 Å². The zero-order valence-electron chi connectivity index (χ0n) is 12.0. The van der Waals surface area contributed by atoms with Gasteiger partial charge in [0.25, 0.3) is 0 Å². The van der Waals surface area contributed by atoms with E-state index in [9.17, 15) is 9.90 Å².